The minimum atomic E-state index is -3.49. The third-order valence-corrected chi connectivity index (χ3v) is 3.74. The van der Waals surface area contributed by atoms with E-state index in [0.29, 0.717) is 5.56 Å². The fourth-order valence-electron chi connectivity index (χ4n) is 2.06. The molecule has 108 valence electrons. The number of nitrogens with one attached hydrogen (secondary N) is 1. The van der Waals surface area contributed by atoms with Crippen molar-refractivity contribution >= 4 is 15.7 Å². The van der Waals surface area contributed by atoms with Crippen LogP contribution in [-0.2, 0) is 22.8 Å². The molecule has 2 rings (SSSR count). The Morgan fingerprint density at radius 1 is 1.30 bits per heavy atom. The first-order valence-electron chi connectivity index (χ1n) is 6.19. The minimum Gasteiger partial charge on any atom is -0.377 e. The lowest BCUT2D eigenvalue weighted by Gasteiger charge is -2.15. The first-order valence-corrected chi connectivity index (χ1v) is 7.90. The van der Waals surface area contributed by atoms with Gasteiger partial charge in [-0.3, -0.25) is 4.68 Å². The molecular weight excluding hydrogens is 276 g/mol. The van der Waals surface area contributed by atoms with Crippen molar-refractivity contribution in [2.45, 2.75) is 18.7 Å². The Hall–Kier alpha value is -1.86. The predicted molar refractivity (Wildman–Crippen MR) is 78.5 cm³/mol. The van der Waals surface area contributed by atoms with E-state index in [2.05, 4.69) is 10.4 Å². The van der Waals surface area contributed by atoms with Gasteiger partial charge in [-0.1, -0.05) is 12.1 Å². The molecule has 0 aliphatic heterocycles. The van der Waals surface area contributed by atoms with E-state index in [9.17, 15) is 8.42 Å². The molecule has 0 aliphatic carbocycles. The van der Waals surface area contributed by atoms with Crippen molar-refractivity contribution in [3.63, 3.8) is 0 Å². The molecule has 3 N–H and O–H groups in total. The number of nitrogens with two attached hydrogens (primary N) is 1. The molecule has 0 aliphatic rings. The zero-order chi connectivity index (χ0) is 14.8. The maximum Gasteiger partial charge on any atom is 0.213 e. The van der Waals surface area contributed by atoms with Crippen LogP contribution >= 0.6 is 0 Å². The van der Waals surface area contributed by atoms with E-state index >= 15 is 0 Å². The van der Waals surface area contributed by atoms with Gasteiger partial charge in [-0.15, -0.1) is 0 Å². The Balaban J connectivity index is 2.06. The summed E-state index contributed by atoms with van der Waals surface area (Å²) in [6.45, 7) is 2.04. The molecule has 0 bridgehead atoms. The van der Waals surface area contributed by atoms with E-state index in [0.717, 1.165) is 11.4 Å². The van der Waals surface area contributed by atoms with Crippen LogP contribution in [0.1, 0.15) is 24.2 Å². The topological polar surface area (TPSA) is 90.0 Å². The van der Waals surface area contributed by atoms with Crippen molar-refractivity contribution in [2.75, 3.05) is 5.32 Å². The Morgan fingerprint density at radius 2 is 1.95 bits per heavy atom. The Bertz CT molecular complexity index is 677. The molecule has 0 saturated heterocycles. The van der Waals surface area contributed by atoms with Gasteiger partial charge in [0.15, 0.2) is 0 Å². The summed E-state index contributed by atoms with van der Waals surface area (Å²) >= 11 is 0. The van der Waals surface area contributed by atoms with E-state index in [4.69, 9.17) is 5.14 Å². The Morgan fingerprint density at radius 3 is 2.45 bits per heavy atom. The molecule has 1 aromatic heterocycles. The summed E-state index contributed by atoms with van der Waals surface area (Å²) in [5.74, 6) is -0.148. The Labute approximate surface area is 118 Å². The molecule has 0 saturated carbocycles. The van der Waals surface area contributed by atoms with Crippen LogP contribution in [0, 0.1) is 0 Å². The van der Waals surface area contributed by atoms with Crippen LogP contribution in [0.15, 0.2) is 36.5 Å². The fraction of sp³-hybridized carbons (Fsp3) is 0.308. The monoisotopic (exact) mass is 294 g/mol. The average molecular weight is 294 g/mol. The van der Waals surface area contributed by atoms with Crippen molar-refractivity contribution in [3.8, 4) is 0 Å². The molecule has 1 unspecified atom stereocenters. The highest BCUT2D eigenvalue weighted by atomic mass is 32.2. The highest BCUT2D eigenvalue weighted by Crippen LogP contribution is 2.19. The molecule has 6 nitrogen and oxygen atoms in total. The van der Waals surface area contributed by atoms with E-state index in [-0.39, 0.29) is 11.8 Å². The number of hydrogen-bond acceptors (Lipinski definition) is 4. The maximum absolute atomic E-state index is 11.0. The van der Waals surface area contributed by atoms with Crippen LogP contribution in [-0.4, -0.2) is 18.2 Å². The van der Waals surface area contributed by atoms with Crippen molar-refractivity contribution in [3.05, 3.63) is 47.8 Å². The van der Waals surface area contributed by atoms with Gasteiger partial charge in [0.05, 0.1) is 17.5 Å². The van der Waals surface area contributed by atoms with Gasteiger partial charge in [0.2, 0.25) is 10.0 Å². The quantitative estimate of drug-likeness (QED) is 0.871. The predicted octanol–water partition coefficient (Wildman–Crippen LogP) is 1.38. The molecule has 0 amide bonds. The molecule has 20 heavy (non-hydrogen) atoms. The SMILES string of the molecule is CC(Nc1ccc(CS(N)(=O)=O)cc1)c1ccnn1C. The maximum atomic E-state index is 11.0. The molecule has 0 fully saturated rings. The third-order valence-electron chi connectivity index (χ3n) is 3.01. The van der Waals surface area contributed by atoms with Crippen LogP contribution in [0.5, 0.6) is 0 Å². The van der Waals surface area contributed by atoms with Crippen LogP contribution in [0.3, 0.4) is 0 Å². The number of aromatic nitrogens is 2. The molecule has 1 aromatic carbocycles. The van der Waals surface area contributed by atoms with Gasteiger partial charge >= 0.3 is 0 Å². The lowest BCUT2D eigenvalue weighted by atomic mass is 10.2. The summed E-state index contributed by atoms with van der Waals surface area (Å²) in [4.78, 5) is 0. The molecular formula is C13H18N4O2S. The zero-order valence-electron chi connectivity index (χ0n) is 11.4. The second-order valence-electron chi connectivity index (χ2n) is 4.75. The summed E-state index contributed by atoms with van der Waals surface area (Å²) < 4.78 is 23.8. The number of rotatable bonds is 5. The highest BCUT2D eigenvalue weighted by Gasteiger charge is 2.09. The normalized spacial score (nSPS) is 13.2. The lowest BCUT2D eigenvalue weighted by molar-refractivity contribution is 0.597. The zero-order valence-corrected chi connectivity index (χ0v) is 12.3. The fourth-order valence-corrected chi connectivity index (χ4v) is 2.72. The largest absolute Gasteiger partial charge is 0.377 e. The number of sulfonamides is 1. The van der Waals surface area contributed by atoms with Gasteiger partial charge in [0.1, 0.15) is 0 Å². The van der Waals surface area contributed by atoms with Gasteiger partial charge < -0.3 is 5.32 Å². The van der Waals surface area contributed by atoms with Crippen molar-refractivity contribution in [2.24, 2.45) is 12.2 Å². The van der Waals surface area contributed by atoms with Gasteiger partial charge in [0, 0.05) is 18.9 Å². The van der Waals surface area contributed by atoms with Gasteiger partial charge in [-0.2, -0.15) is 5.10 Å². The van der Waals surface area contributed by atoms with Crippen molar-refractivity contribution in [1.29, 1.82) is 0 Å². The number of anilines is 1. The van der Waals surface area contributed by atoms with Crippen LogP contribution < -0.4 is 10.5 Å². The second-order valence-corrected chi connectivity index (χ2v) is 6.36. The van der Waals surface area contributed by atoms with Crippen LogP contribution in [0.2, 0.25) is 0 Å². The summed E-state index contributed by atoms with van der Waals surface area (Å²) in [7, 11) is -1.59. The smallest absolute Gasteiger partial charge is 0.213 e. The van der Waals surface area contributed by atoms with Gasteiger partial charge in [-0.05, 0) is 30.7 Å². The molecule has 2 aromatic rings. The lowest BCUT2D eigenvalue weighted by Crippen LogP contribution is -2.14. The first kappa shape index (κ1) is 14.5. The van der Waals surface area contributed by atoms with Gasteiger partial charge in [0.25, 0.3) is 0 Å². The Kier molecular flexibility index (Phi) is 4.10. The molecule has 1 atom stereocenters. The van der Waals surface area contributed by atoms with E-state index < -0.39 is 10.0 Å². The number of hydrogen-bond donors (Lipinski definition) is 2. The number of aryl methyl sites for hydroxylation is 1. The van der Waals surface area contributed by atoms with E-state index in [1.807, 2.05) is 36.9 Å². The summed E-state index contributed by atoms with van der Waals surface area (Å²) in [6, 6.07) is 9.24. The number of primary sulfonamides is 1. The van der Waals surface area contributed by atoms with Crippen molar-refractivity contribution < 1.29 is 8.42 Å². The van der Waals surface area contributed by atoms with E-state index in [1.54, 1.807) is 18.3 Å². The molecule has 0 spiro atoms. The second kappa shape index (κ2) is 5.64. The molecule has 1 heterocycles. The van der Waals surface area contributed by atoms with Crippen LogP contribution in [0.4, 0.5) is 5.69 Å². The standard InChI is InChI=1S/C13H18N4O2S/c1-10(13-7-8-15-17(13)2)16-12-5-3-11(4-6-12)9-20(14,18)19/h3-8,10,16H,9H2,1-2H3,(H2,14,18,19). The molecule has 0 radical (unpaired) electrons. The average Bonchev–Trinajstić information content (AvgIpc) is 2.76. The number of nitrogens with zero attached hydrogens (tertiary/aromatic N) is 2. The third kappa shape index (κ3) is 3.82. The molecule has 7 heteroatoms. The van der Waals surface area contributed by atoms with E-state index in [1.165, 1.54) is 0 Å². The minimum absolute atomic E-state index is 0.103. The van der Waals surface area contributed by atoms with Crippen molar-refractivity contribution in [1.82, 2.24) is 9.78 Å². The van der Waals surface area contributed by atoms with Gasteiger partial charge in [-0.25, -0.2) is 13.6 Å². The number of benzene rings is 1. The first-order chi connectivity index (χ1) is 9.35. The summed E-state index contributed by atoms with van der Waals surface area (Å²) in [5, 5.41) is 12.5. The highest BCUT2D eigenvalue weighted by molar-refractivity contribution is 7.88. The summed E-state index contributed by atoms with van der Waals surface area (Å²) in [6.07, 6.45) is 1.75. The summed E-state index contributed by atoms with van der Waals surface area (Å²) in [5.41, 5.74) is 2.65. The van der Waals surface area contributed by atoms with Crippen LogP contribution in [0.25, 0.3) is 0 Å².